The Bertz CT molecular complexity index is 440. The number of ether oxygens (including phenoxy) is 1. The molecule has 1 rings (SSSR count). The number of anilines is 1. The van der Waals surface area contributed by atoms with Crippen LogP contribution in [-0.4, -0.2) is 29.6 Å². The van der Waals surface area contributed by atoms with Crippen LogP contribution in [0.3, 0.4) is 0 Å². The van der Waals surface area contributed by atoms with E-state index in [-0.39, 0.29) is 5.69 Å². The third kappa shape index (κ3) is 5.69. The van der Waals surface area contributed by atoms with Crippen molar-refractivity contribution in [2.45, 2.75) is 31.9 Å². The lowest BCUT2D eigenvalue weighted by Gasteiger charge is -2.12. The number of hydrogen-bond donors (Lipinski definition) is 1. The summed E-state index contributed by atoms with van der Waals surface area (Å²) in [6.07, 6.45) is 3.96. The first-order chi connectivity index (χ1) is 9.56. The van der Waals surface area contributed by atoms with Gasteiger partial charge in [-0.1, -0.05) is 13.8 Å². The Balaban J connectivity index is 2.72. The molecule has 0 aliphatic heterocycles. The molecular formula is C14H22N2O3S. The first-order valence-corrected chi connectivity index (χ1v) is 8.04. The molecule has 0 bridgehead atoms. The van der Waals surface area contributed by atoms with Crippen molar-refractivity contribution < 1.29 is 9.66 Å². The Labute approximate surface area is 124 Å². The van der Waals surface area contributed by atoms with E-state index >= 15 is 0 Å². The number of thioether (sulfide) groups is 1. The maximum Gasteiger partial charge on any atom is 0.275 e. The average molecular weight is 298 g/mol. The van der Waals surface area contributed by atoms with Crippen LogP contribution in [0.5, 0.6) is 5.75 Å². The normalized spacial score (nSPS) is 11.9. The van der Waals surface area contributed by atoms with E-state index in [4.69, 9.17) is 4.74 Å². The maximum atomic E-state index is 10.9. The van der Waals surface area contributed by atoms with Gasteiger partial charge < -0.3 is 10.1 Å². The summed E-state index contributed by atoms with van der Waals surface area (Å²) in [4.78, 5) is 10.5. The molecule has 0 aromatic heterocycles. The summed E-state index contributed by atoms with van der Waals surface area (Å²) in [5, 5.41) is 14.7. The fraction of sp³-hybridized carbons (Fsp3) is 0.571. The van der Waals surface area contributed by atoms with Gasteiger partial charge in [-0.25, -0.2) is 0 Å². The molecule has 0 saturated heterocycles. The van der Waals surface area contributed by atoms with Crippen molar-refractivity contribution in [1.82, 2.24) is 0 Å². The van der Waals surface area contributed by atoms with E-state index in [1.165, 1.54) is 6.07 Å². The molecule has 0 heterocycles. The van der Waals surface area contributed by atoms with Gasteiger partial charge in [-0.3, -0.25) is 10.1 Å². The highest BCUT2D eigenvalue weighted by molar-refractivity contribution is 7.99. The molecule has 0 spiro atoms. The van der Waals surface area contributed by atoms with Crippen LogP contribution in [0, 0.1) is 10.1 Å². The topological polar surface area (TPSA) is 64.4 Å². The van der Waals surface area contributed by atoms with Crippen molar-refractivity contribution in [3.63, 3.8) is 0 Å². The molecule has 5 nitrogen and oxygen atoms in total. The molecule has 1 aromatic carbocycles. The highest BCUT2D eigenvalue weighted by atomic mass is 32.2. The van der Waals surface area contributed by atoms with Gasteiger partial charge in [-0.05, 0) is 19.1 Å². The van der Waals surface area contributed by atoms with Crippen molar-refractivity contribution in [3.05, 3.63) is 28.3 Å². The van der Waals surface area contributed by atoms with Crippen LogP contribution in [0.15, 0.2) is 18.2 Å². The maximum absolute atomic E-state index is 10.9. The number of nitrogens with zero attached hydrogens (tertiary/aromatic N) is 1. The van der Waals surface area contributed by atoms with Crippen LogP contribution in [0.2, 0.25) is 0 Å². The Morgan fingerprint density at radius 1 is 1.45 bits per heavy atom. The number of nitro benzene ring substituents is 1. The van der Waals surface area contributed by atoms with E-state index in [9.17, 15) is 10.1 Å². The van der Waals surface area contributed by atoms with Gasteiger partial charge in [-0.2, -0.15) is 11.8 Å². The number of hydrogen-bond acceptors (Lipinski definition) is 5. The summed E-state index contributed by atoms with van der Waals surface area (Å²) in [7, 11) is 0. The molecule has 6 heteroatoms. The molecule has 0 aliphatic carbocycles. The Morgan fingerprint density at radius 3 is 2.80 bits per heavy atom. The second-order valence-electron chi connectivity index (χ2n) is 4.58. The molecule has 1 N–H and O–H groups in total. The monoisotopic (exact) mass is 298 g/mol. The van der Waals surface area contributed by atoms with Crippen LogP contribution in [-0.2, 0) is 0 Å². The zero-order valence-electron chi connectivity index (χ0n) is 12.2. The first-order valence-electron chi connectivity index (χ1n) is 6.75. The summed E-state index contributed by atoms with van der Waals surface area (Å²) in [6, 6.07) is 4.82. The summed E-state index contributed by atoms with van der Waals surface area (Å²) in [5.41, 5.74) is 0.789. The molecule has 1 unspecified atom stereocenters. The van der Waals surface area contributed by atoms with Crippen LogP contribution < -0.4 is 10.1 Å². The van der Waals surface area contributed by atoms with Crippen molar-refractivity contribution in [2.24, 2.45) is 0 Å². The number of rotatable bonds is 9. The molecule has 1 aromatic rings. The molecule has 1 atom stereocenters. The molecule has 0 radical (unpaired) electrons. The minimum absolute atomic E-state index is 0.0546. The second kappa shape index (κ2) is 8.68. The zero-order valence-corrected chi connectivity index (χ0v) is 13.0. The molecule has 0 aliphatic rings. The summed E-state index contributed by atoms with van der Waals surface area (Å²) in [6.45, 7) is 5.51. The molecule has 112 valence electrons. The molecular weight excluding hydrogens is 276 g/mol. The Hall–Kier alpha value is -1.43. The van der Waals surface area contributed by atoms with Crippen molar-refractivity contribution in [1.29, 1.82) is 0 Å². The number of non-ortho nitro benzene ring substituents is 1. The quantitative estimate of drug-likeness (QED) is 0.552. The van der Waals surface area contributed by atoms with E-state index in [2.05, 4.69) is 18.5 Å². The van der Waals surface area contributed by atoms with Crippen LogP contribution >= 0.6 is 11.8 Å². The highest BCUT2D eigenvalue weighted by Gasteiger charge is 2.10. The van der Waals surface area contributed by atoms with E-state index in [0.717, 1.165) is 25.1 Å². The number of nitrogens with one attached hydrogen (secondary N) is 1. The minimum Gasteiger partial charge on any atom is -0.493 e. The van der Waals surface area contributed by atoms with Gasteiger partial charge in [0, 0.05) is 29.6 Å². The predicted molar refractivity (Wildman–Crippen MR) is 85.0 cm³/mol. The first kappa shape index (κ1) is 16.6. The van der Waals surface area contributed by atoms with Crippen LogP contribution in [0.25, 0.3) is 0 Å². The lowest BCUT2D eigenvalue weighted by Crippen LogP contribution is -2.08. The van der Waals surface area contributed by atoms with Crippen molar-refractivity contribution in [3.8, 4) is 5.75 Å². The SMILES string of the molecule is CCCOc1cc(NCCC(C)SC)cc([N+](=O)[O-])c1. The number of nitro groups is 1. The number of benzene rings is 1. The Kier molecular flexibility index (Phi) is 7.22. The second-order valence-corrected chi connectivity index (χ2v) is 5.86. The lowest BCUT2D eigenvalue weighted by atomic mass is 10.2. The summed E-state index contributed by atoms with van der Waals surface area (Å²) < 4.78 is 5.49. The summed E-state index contributed by atoms with van der Waals surface area (Å²) in [5.74, 6) is 0.543. The smallest absolute Gasteiger partial charge is 0.275 e. The fourth-order valence-electron chi connectivity index (χ4n) is 1.63. The van der Waals surface area contributed by atoms with E-state index < -0.39 is 4.92 Å². The van der Waals surface area contributed by atoms with Crippen LogP contribution in [0.1, 0.15) is 26.7 Å². The minimum atomic E-state index is -0.394. The fourth-order valence-corrected chi connectivity index (χ4v) is 1.99. The van der Waals surface area contributed by atoms with Crippen LogP contribution in [0.4, 0.5) is 11.4 Å². The van der Waals surface area contributed by atoms with Crippen molar-refractivity contribution in [2.75, 3.05) is 24.7 Å². The molecule has 0 amide bonds. The largest absolute Gasteiger partial charge is 0.493 e. The van der Waals surface area contributed by atoms with E-state index in [0.29, 0.717) is 17.6 Å². The Morgan fingerprint density at radius 2 is 2.20 bits per heavy atom. The van der Waals surface area contributed by atoms with Gasteiger partial charge in [0.05, 0.1) is 17.6 Å². The molecule has 0 fully saturated rings. The molecule has 20 heavy (non-hydrogen) atoms. The standard InChI is InChI=1S/C14H22N2O3S/c1-4-7-19-14-9-12(8-13(10-14)16(17)18)15-6-5-11(2)20-3/h8-11,15H,4-7H2,1-3H3. The van der Waals surface area contributed by atoms with E-state index in [1.807, 2.05) is 24.8 Å². The van der Waals surface area contributed by atoms with Crippen molar-refractivity contribution >= 4 is 23.1 Å². The average Bonchev–Trinajstić information content (AvgIpc) is 2.44. The third-order valence-corrected chi connectivity index (χ3v) is 3.90. The molecule has 0 saturated carbocycles. The van der Waals surface area contributed by atoms with Gasteiger partial charge in [-0.15, -0.1) is 0 Å². The lowest BCUT2D eigenvalue weighted by molar-refractivity contribution is -0.384. The zero-order chi connectivity index (χ0) is 15.0. The van der Waals surface area contributed by atoms with Gasteiger partial charge in [0.15, 0.2) is 0 Å². The van der Waals surface area contributed by atoms with Gasteiger partial charge >= 0.3 is 0 Å². The predicted octanol–water partition coefficient (Wildman–Crippen LogP) is 3.94. The van der Waals surface area contributed by atoms with Gasteiger partial charge in [0.2, 0.25) is 0 Å². The third-order valence-electron chi connectivity index (χ3n) is 2.86. The highest BCUT2D eigenvalue weighted by Crippen LogP contribution is 2.26. The van der Waals surface area contributed by atoms with E-state index in [1.54, 1.807) is 6.07 Å². The van der Waals surface area contributed by atoms with Gasteiger partial charge in [0.25, 0.3) is 5.69 Å². The summed E-state index contributed by atoms with van der Waals surface area (Å²) >= 11 is 1.81. The van der Waals surface area contributed by atoms with Gasteiger partial charge in [0.1, 0.15) is 5.75 Å².